The van der Waals surface area contributed by atoms with Crippen LogP contribution in [0.5, 0.6) is 11.5 Å². The normalized spacial score (nSPS) is 17.4. The first-order chi connectivity index (χ1) is 16.4. The Hall–Kier alpha value is -3.52. The second-order valence-electron chi connectivity index (χ2n) is 7.84. The fourth-order valence-electron chi connectivity index (χ4n) is 3.93. The molecule has 1 aliphatic heterocycles. The van der Waals surface area contributed by atoms with Gasteiger partial charge >= 0.3 is 0 Å². The summed E-state index contributed by atoms with van der Waals surface area (Å²) < 4.78 is 24.1. The first-order valence-corrected chi connectivity index (χ1v) is 11.8. The van der Waals surface area contributed by atoms with Crippen LogP contribution in [0.1, 0.15) is 26.9 Å². The Labute approximate surface area is 202 Å². The summed E-state index contributed by atoms with van der Waals surface area (Å²) in [5.74, 6) is 0.578. The molecule has 34 heavy (non-hydrogen) atoms. The number of hydrogen-bond acceptors (Lipinski definition) is 5. The number of hydrogen-bond donors (Lipinski definition) is 1. The van der Waals surface area contributed by atoms with Gasteiger partial charge in [-0.15, -0.1) is 11.8 Å². The van der Waals surface area contributed by atoms with Gasteiger partial charge in [-0.3, -0.25) is 9.59 Å². The molecular formula is C26H25FN2O4S. The van der Waals surface area contributed by atoms with Crippen molar-refractivity contribution in [3.05, 3.63) is 89.2 Å². The lowest BCUT2D eigenvalue weighted by Crippen LogP contribution is -2.45. The molecule has 2 atom stereocenters. The van der Waals surface area contributed by atoms with Gasteiger partial charge in [-0.1, -0.05) is 24.3 Å². The molecule has 0 spiro atoms. The molecule has 1 heterocycles. The van der Waals surface area contributed by atoms with Crippen LogP contribution in [0.3, 0.4) is 0 Å². The van der Waals surface area contributed by atoms with Gasteiger partial charge in [-0.25, -0.2) is 4.39 Å². The maximum absolute atomic E-state index is 13.8. The molecule has 1 fully saturated rings. The number of halogens is 1. The molecular weight excluding hydrogens is 455 g/mol. The van der Waals surface area contributed by atoms with Crippen LogP contribution in [0.25, 0.3) is 0 Å². The van der Waals surface area contributed by atoms with Gasteiger partial charge in [0.1, 0.15) is 17.2 Å². The second-order valence-corrected chi connectivity index (χ2v) is 8.95. The average Bonchev–Trinajstić information content (AvgIpc) is 3.30. The van der Waals surface area contributed by atoms with Crippen molar-refractivity contribution in [2.75, 3.05) is 25.3 Å². The molecule has 0 bridgehead atoms. The Kier molecular flexibility index (Phi) is 7.07. The highest BCUT2D eigenvalue weighted by Gasteiger charge is 2.43. The highest BCUT2D eigenvalue weighted by molar-refractivity contribution is 7.99. The standard InChI is InChI=1S/C26H25FN2O4S/c1-16-6-4-5-7-20(16)25(31)29-21(24(30)28-19-11-9-18(27)10-12-19)15-34-26(29)17-8-13-22(32-2)23(14-17)33-3/h4-14,21,26H,15H2,1-3H3,(H,28,30). The van der Waals surface area contributed by atoms with E-state index in [4.69, 9.17) is 9.47 Å². The number of anilines is 1. The molecule has 2 unspecified atom stereocenters. The van der Waals surface area contributed by atoms with E-state index >= 15 is 0 Å². The molecule has 0 radical (unpaired) electrons. The summed E-state index contributed by atoms with van der Waals surface area (Å²) >= 11 is 1.50. The fraction of sp³-hybridized carbons (Fsp3) is 0.231. The molecule has 3 aromatic rings. The first kappa shape index (κ1) is 23.6. The quantitative estimate of drug-likeness (QED) is 0.535. The van der Waals surface area contributed by atoms with Crippen molar-refractivity contribution in [2.24, 2.45) is 0 Å². The smallest absolute Gasteiger partial charge is 0.256 e. The molecule has 176 valence electrons. The number of aryl methyl sites for hydroxylation is 1. The molecule has 0 saturated carbocycles. The summed E-state index contributed by atoms with van der Waals surface area (Å²) in [6.07, 6.45) is 0. The Morgan fingerprint density at radius 1 is 1.00 bits per heavy atom. The van der Waals surface area contributed by atoms with Crippen molar-refractivity contribution >= 4 is 29.3 Å². The minimum Gasteiger partial charge on any atom is -0.493 e. The van der Waals surface area contributed by atoms with Crippen molar-refractivity contribution in [1.82, 2.24) is 4.90 Å². The molecule has 6 nitrogen and oxygen atoms in total. The van der Waals surface area contributed by atoms with Gasteiger partial charge in [0.2, 0.25) is 5.91 Å². The van der Waals surface area contributed by atoms with Gasteiger partial charge in [0.15, 0.2) is 11.5 Å². The minimum absolute atomic E-state index is 0.234. The number of benzene rings is 3. The number of methoxy groups -OCH3 is 2. The summed E-state index contributed by atoms with van der Waals surface area (Å²) in [5.41, 5.74) is 2.65. The topological polar surface area (TPSA) is 67.9 Å². The number of nitrogens with one attached hydrogen (secondary N) is 1. The van der Waals surface area contributed by atoms with Crippen LogP contribution in [0.4, 0.5) is 10.1 Å². The molecule has 1 aliphatic rings. The van der Waals surface area contributed by atoms with Gasteiger partial charge in [-0.2, -0.15) is 0 Å². The van der Waals surface area contributed by atoms with E-state index in [1.807, 2.05) is 37.3 Å². The van der Waals surface area contributed by atoms with Crippen LogP contribution < -0.4 is 14.8 Å². The zero-order chi connectivity index (χ0) is 24.2. The molecule has 3 aromatic carbocycles. The molecule has 0 aliphatic carbocycles. The number of carbonyl (C=O) groups is 2. The monoisotopic (exact) mass is 480 g/mol. The van der Waals surface area contributed by atoms with E-state index in [1.165, 1.54) is 36.0 Å². The SMILES string of the molecule is COc1ccc(C2SCC(C(=O)Nc3ccc(F)cc3)N2C(=O)c2ccccc2C)cc1OC. The zero-order valence-electron chi connectivity index (χ0n) is 19.1. The number of nitrogens with zero attached hydrogens (tertiary/aromatic N) is 1. The molecule has 0 aromatic heterocycles. The highest BCUT2D eigenvalue weighted by Crippen LogP contribution is 2.44. The summed E-state index contributed by atoms with van der Waals surface area (Å²) in [4.78, 5) is 28.7. The Balaban J connectivity index is 1.70. The summed E-state index contributed by atoms with van der Waals surface area (Å²) in [7, 11) is 3.12. The highest BCUT2D eigenvalue weighted by atomic mass is 32.2. The lowest BCUT2D eigenvalue weighted by atomic mass is 10.1. The number of ether oxygens (including phenoxy) is 2. The maximum Gasteiger partial charge on any atom is 0.256 e. The second kappa shape index (κ2) is 10.2. The number of amides is 2. The fourth-order valence-corrected chi connectivity index (χ4v) is 5.35. The van der Waals surface area contributed by atoms with E-state index in [0.29, 0.717) is 28.5 Å². The third kappa shape index (κ3) is 4.72. The van der Waals surface area contributed by atoms with Gasteiger partial charge < -0.3 is 19.7 Å². The van der Waals surface area contributed by atoms with Gasteiger partial charge in [0.25, 0.3) is 5.91 Å². The first-order valence-electron chi connectivity index (χ1n) is 10.7. The third-order valence-electron chi connectivity index (χ3n) is 5.72. The Morgan fingerprint density at radius 2 is 1.71 bits per heavy atom. The van der Waals surface area contributed by atoms with Crippen LogP contribution in [0, 0.1) is 12.7 Å². The number of carbonyl (C=O) groups excluding carboxylic acids is 2. The van der Waals surface area contributed by atoms with E-state index in [0.717, 1.165) is 11.1 Å². The minimum atomic E-state index is -0.722. The molecule has 1 N–H and O–H groups in total. The van der Waals surface area contributed by atoms with Gasteiger partial charge in [-0.05, 0) is 60.5 Å². The van der Waals surface area contributed by atoms with Gasteiger partial charge in [0, 0.05) is 17.0 Å². The zero-order valence-corrected chi connectivity index (χ0v) is 19.9. The lowest BCUT2D eigenvalue weighted by Gasteiger charge is -2.30. The van der Waals surface area contributed by atoms with Crippen molar-refractivity contribution < 1.29 is 23.5 Å². The van der Waals surface area contributed by atoms with E-state index in [2.05, 4.69) is 5.32 Å². The molecule has 2 amide bonds. The summed E-state index contributed by atoms with van der Waals surface area (Å²) in [5, 5.41) is 2.41. The van der Waals surface area contributed by atoms with E-state index < -0.39 is 11.4 Å². The average molecular weight is 481 g/mol. The Morgan fingerprint density at radius 3 is 2.38 bits per heavy atom. The largest absolute Gasteiger partial charge is 0.493 e. The van der Waals surface area contributed by atoms with Crippen LogP contribution in [0.2, 0.25) is 0 Å². The number of rotatable bonds is 6. The van der Waals surface area contributed by atoms with E-state index in [1.54, 1.807) is 31.3 Å². The predicted molar refractivity (Wildman–Crippen MR) is 131 cm³/mol. The van der Waals surface area contributed by atoms with Crippen LogP contribution in [-0.2, 0) is 4.79 Å². The maximum atomic E-state index is 13.8. The number of thioether (sulfide) groups is 1. The predicted octanol–water partition coefficient (Wildman–Crippen LogP) is 5.05. The lowest BCUT2D eigenvalue weighted by molar-refractivity contribution is -0.119. The summed E-state index contributed by atoms with van der Waals surface area (Å²) in [6.45, 7) is 1.87. The Bertz CT molecular complexity index is 1200. The molecule has 8 heteroatoms. The summed E-state index contributed by atoms with van der Waals surface area (Å²) in [6, 6.07) is 17.6. The molecule has 1 saturated heterocycles. The van der Waals surface area contributed by atoms with Crippen molar-refractivity contribution in [1.29, 1.82) is 0 Å². The third-order valence-corrected chi connectivity index (χ3v) is 7.04. The van der Waals surface area contributed by atoms with Crippen LogP contribution in [0.15, 0.2) is 66.7 Å². The van der Waals surface area contributed by atoms with Gasteiger partial charge in [0.05, 0.1) is 14.2 Å². The molecule has 4 rings (SSSR count). The van der Waals surface area contributed by atoms with Crippen LogP contribution in [-0.4, -0.2) is 42.7 Å². The van der Waals surface area contributed by atoms with Crippen molar-refractivity contribution in [2.45, 2.75) is 18.3 Å². The van der Waals surface area contributed by atoms with Crippen molar-refractivity contribution in [3.8, 4) is 11.5 Å². The van der Waals surface area contributed by atoms with Crippen molar-refractivity contribution in [3.63, 3.8) is 0 Å². The van der Waals surface area contributed by atoms with Crippen LogP contribution >= 0.6 is 11.8 Å². The van der Waals surface area contributed by atoms with E-state index in [9.17, 15) is 14.0 Å². The van der Waals surface area contributed by atoms with E-state index in [-0.39, 0.29) is 17.6 Å².